The standard InChI is InChI=1S/C8H18N2O/c1-9-7-2-4-8(5-3-7)10-6-11/h7-11H,2-6H2,1H3. The third kappa shape index (κ3) is 2.77. The maximum Gasteiger partial charge on any atom is 0.0933 e. The predicted molar refractivity (Wildman–Crippen MR) is 45.3 cm³/mol. The summed E-state index contributed by atoms with van der Waals surface area (Å²) < 4.78 is 0. The topological polar surface area (TPSA) is 44.3 Å². The Morgan fingerprint density at radius 2 is 1.73 bits per heavy atom. The van der Waals surface area contributed by atoms with Gasteiger partial charge < -0.3 is 10.4 Å². The van der Waals surface area contributed by atoms with Crippen LogP contribution in [0.5, 0.6) is 0 Å². The van der Waals surface area contributed by atoms with Crippen LogP contribution in [0.1, 0.15) is 25.7 Å². The summed E-state index contributed by atoms with van der Waals surface area (Å²) in [4.78, 5) is 0. The zero-order valence-electron chi connectivity index (χ0n) is 7.14. The van der Waals surface area contributed by atoms with Gasteiger partial charge in [0, 0.05) is 12.1 Å². The van der Waals surface area contributed by atoms with Crippen molar-refractivity contribution in [3.8, 4) is 0 Å². The maximum atomic E-state index is 8.61. The van der Waals surface area contributed by atoms with Crippen molar-refractivity contribution in [2.75, 3.05) is 13.8 Å². The fourth-order valence-corrected chi connectivity index (χ4v) is 1.72. The van der Waals surface area contributed by atoms with Gasteiger partial charge in [0.15, 0.2) is 0 Å². The van der Waals surface area contributed by atoms with Gasteiger partial charge in [0.2, 0.25) is 0 Å². The monoisotopic (exact) mass is 158 g/mol. The predicted octanol–water partition coefficient (Wildman–Crippen LogP) is 0.0564. The number of hydrogen-bond acceptors (Lipinski definition) is 3. The Hall–Kier alpha value is -0.120. The van der Waals surface area contributed by atoms with Crippen LogP contribution in [0.25, 0.3) is 0 Å². The molecule has 0 bridgehead atoms. The molecule has 66 valence electrons. The molecule has 0 saturated heterocycles. The average molecular weight is 158 g/mol. The smallest absolute Gasteiger partial charge is 0.0933 e. The van der Waals surface area contributed by atoms with Gasteiger partial charge in [-0.05, 0) is 32.7 Å². The van der Waals surface area contributed by atoms with Crippen LogP contribution in [-0.2, 0) is 0 Å². The minimum Gasteiger partial charge on any atom is -0.381 e. The van der Waals surface area contributed by atoms with Crippen molar-refractivity contribution in [1.29, 1.82) is 0 Å². The lowest BCUT2D eigenvalue weighted by atomic mass is 9.91. The van der Waals surface area contributed by atoms with Gasteiger partial charge in [0.1, 0.15) is 0 Å². The van der Waals surface area contributed by atoms with E-state index < -0.39 is 0 Å². The first-order valence-corrected chi connectivity index (χ1v) is 4.38. The second-order valence-corrected chi connectivity index (χ2v) is 3.20. The largest absolute Gasteiger partial charge is 0.381 e. The molecule has 3 nitrogen and oxygen atoms in total. The summed E-state index contributed by atoms with van der Waals surface area (Å²) in [5.74, 6) is 0. The van der Waals surface area contributed by atoms with Gasteiger partial charge in [-0.25, -0.2) is 0 Å². The molecular weight excluding hydrogens is 140 g/mol. The number of aliphatic hydroxyl groups is 1. The van der Waals surface area contributed by atoms with Crippen molar-refractivity contribution >= 4 is 0 Å². The van der Waals surface area contributed by atoms with Crippen molar-refractivity contribution in [2.45, 2.75) is 37.8 Å². The van der Waals surface area contributed by atoms with E-state index in [9.17, 15) is 0 Å². The van der Waals surface area contributed by atoms with Crippen molar-refractivity contribution < 1.29 is 5.11 Å². The Morgan fingerprint density at radius 1 is 1.18 bits per heavy atom. The van der Waals surface area contributed by atoms with Crippen LogP contribution in [0.3, 0.4) is 0 Å². The molecule has 1 fully saturated rings. The Kier molecular flexibility index (Phi) is 3.83. The first-order chi connectivity index (χ1) is 5.36. The summed E-state index contributed by atoms with van der Waals surface area (Å²) in [7, 11) is 2.02. The van der Waals surface area contributed by atoms with Gasteiger partial charge >= 0.3 is 0 Å². The maximum absolute atomic E-state index is 8.61. The lowest BCUT2D eigenvalue weighted by Crippen LogP contribution is -2.38. The van der Waals surface area contributed by atoms with Gasteiger partial charge in [0.05, 0.1) is 6.73 Å². The summed E-state index contributed by atoms with van der Waals surface area (Å²) in [5, 5.41) is 14.9. The molecule has 1 rings (SSSR count). The SMILES string of the molecule is CNC1CCC(NCO)CC1. The zero-order chi connectivity index (χ0) is 8.10. The summed E-state index contributed by atoms with van der Waals surface area (Å²) >= 11 is 0. The van der Waals surface area contributed by atoms with Crippen LogP contribution in [0, 0.1) is 0 Å². The van der Waals surface area contributed by atoms with Gasteiger partial charge in [-0.1, -0.05) is 0 Å². The fraction of sp³-hybridized carbons (Fsp3) is 1.00. The summed E-state index contributed by atoms with van der Waals surface area (Å²) in [5.41, 5.74) is 0. The zero-order valence-corrected chi connectivity index (χ0v) is 7.14. The fourth-order valence-electron chi connectivity index (χ4n) is 1.72. The van der Waals surface area contributed by atoms with E-state index in [1.165, 1.54) is 25.7 Å². The molecule has 0 aromatic rings. The van der Waals surface area contributed by atoms with E-state index in [1.807, 2.05) is 7.05 Å². The van der Waals surface area contributed by atoms with Crippen molar-refractivity contribution in [1.82, 2.24) is 10.6 Å². The highest BCUT2D eigenvalue weighted by Gasteiger charge is 2.18. The Balaban J connectivity index is 2.14. The van der Waals surface area contributed by atoms with Crippen LogP contribution in [0.2, 0.25) is 0 Å². The molecule has 0 aliphatic heterocycles. The minimum absolute atomic E-state index is 0.120. The van der Waals surface area contributed by atoms with Crippen LogP contribution < -0.4 is 10.6 Å². The molecule has 0 radical (unpaired) electrons. The second-order valence-electron chi connectivity index (χ2n) is 3.20. The molecular formula is C8H18N2O. The van der Waals surface area contributed by atoms with Gasteiger partial charge in [-0.3, -0.25) is 5.32 Å². The lowest BCUT2D eigenvalue weighted by Gasteiger charge is -2.28. The molecule has 0 aromatic heterocycles. The Morgan fingerprint density at radius 3 is 2.18 bits per heavy atom. The number of aliphatic hydroxyl groups excluding tert-OH is 1. The molecule has 0 heterocycles. The molecule has 11 heavy (non-hydrogen) atoms. The highest BCUT2D eigenvalue weighted by molar-refractivity contribution is 4.79. The van der Waals surface area contributed by atoms with E-state index in [0.29, 0.717) is 12.1 Å². The van der Waals surface area contributed by atoms with E-state index in [-0.39, 0.29) is 6.73 Å². The van der Waals surface area contributed by atoms with Crippen LogP contribution in [0.15, 0.2) is 0 Å². The van der Waals surface area contributed by atoms with Crippen molar-refractivity contribution in [3.05, 3.63) is 0 Å². The molecule has 3 heteroatoms. The number of nitrogens with one attached hydrogen (secondary N) is 2. The van der Waals surface area contributed by atoms with E-state index in [4.69, 9.17) is 5.11 Å². The molecule has 0 atom stereocenters. The molecule has 0 amide bonds. The van der Waals surface area contributed by atoms with Crippen molar-refractivity contribution in [2.24, 2.45) is 0 Å². The third-order valence-corrected chi connectivity index (χ3v) is 2.52. The quantitative estimate of drug-likeness (QED) is 0.509. The van der Waals surface area contributed by atoms with Gasteiger partial charge in [-0.15, -0.1) is 0 Å². The molecule has 0 aromatic carbocycles. The van der Waals surface area contributed by atoms with E-state index in [2.05, 4.69) is 10.6 Å². The van der Waals surface area contributed by atoms with Crippen molar-refractivity contribution in [3.63, 3.8) is 0 Å². The number of rotatable bonds is 3. The van der Waals surface area contributed by atoms with E-state index in [0.717, 1.165) is 0 Å². The molecule has 1 aliphatic rings. The molecule has 1 aliphatic carbocycles. The van der Waals surface area contributed by atoms with Crippen LogP contribution in [0.4, 0.5) is 0 Å². The first-order valence-electron chi connectivity index (χ1n) is 4.38. The second kappa shape index (κ2) is 4.70. The molecule has 1 saturated carbocycles. The lowest BCUT2D eigenvalue weighted by molar-refractivity contribution is 0.213. The van der Waals surface area contributed by atoms with Gasteiger partial charge in [0.25, 0.3) is 0 Å². The molecule has 3 N–H and O–H groups in total. The third-order valence-electron chi connectivity index (χ3n) is 2.52. The highest BCUT2D eigenvalue weighted by Crippen LogP contribution is 2.17. The molecule has 0 unspecified atom stereocenters. The summed E-state index contributed by atoms with van der Waals surface area (Å²) in [6.45, 7) is 0.120. The van der Waals surface area contributed by atoms with Crippen LogP contribution >= 0.6 is 0 Å². The number of hydrogen-bond donors (Lipinski definition) is 3. The average Bonchev–Trinajstić information content (AvgIpc) is 2.07. The summed E-state index contributed by atoms with van der Waals surface area (Å²) in [6, 6.07) is 1.25. The van der Waals surface area contributed by atoms with Gasteiger partial charge in [-0.2, -0.15) is 0 Å². The molecule has 0 spiro atoms. The highest BCUT2D eigenvalue weighted by atomic mass is 16.3. The first kappa shape index (κ1) is 8.97. The summed E-state index contributed by atoms with van der Waals surface area (Å²) in [6.07, 6.45) is 4.83. The minimum atomic E-state index is 0.120. The van der Waals surface area contributed by atoms with E-state index in [1.54, 1.807) is 0 Å². The Labute approximate surface area is 68.2 Å². The Bertz CT molecular complexity index is 100. The van der Waals surface area contributed by atoms with E-state index >= 15 is 0 Å². The normalized spacial score (nSPS) is 32.2. The van der Waals surface area contributed by atoms with Crippen LogP contribution in [-0.4, -0.2) is 31.0 Å².